The summed E-state index contributed by atoms with van der Waals surface area (Å²) in [4.78, 5) is 15.0. The van der Waals surface area contributed by atoms with Crippen LogP contribution in [-0.2, 0) is 0 Å². The molecule has 31 heavy (non-hydrogen) atoms. The van der Waals surface area contributed by atoms with E-state index in [-0.39, 0.29) is 0 Å². The van der Waals surface area contributed by atoms with Crippen molar-refractivity contribution in [2.45, 2.75) is 38.1 Å². The molecule has 160 valence electrons. The minimum atomic E-state index is -0.503. The smallest absolute Gasteiger partial charge is 0.417 e. The van der Waals surface area contributed by atoms with E-state index in [1.165, 1.54) is 37.8 Å². The number of amides is 1. The first kappa shape index (κ1) is 20.6. The molecule has 1 saturated heterocycles. The lowest BCUT2D eigenvalue weighted by atomic mass is 9.95. The van der Waals surface area contributed by atoms with Crippen molar-refractivity contribution < 1.29 is 13.9 Å². The lowest BCUT2D eigenvalue weighted by Gasteiger charge is -2.33. The molecule has 0 radical (unpaired) electrons. The van der Waals surface area contributed by atoms with Crippen molar-refractivity contribution >= 4 is 50.9 Å². The van der Waals surface area contributed by atoms with Gasteiger partial charge in [0.25, 0.3) is 0 Å². The van der Waals surface area contributed by atoms with Crippen LogP contribution >= 0.6 is 22.6 Å². The van der Waals surface area contributed by atoms with Crippen molar-refractivity contribution in [1.82, 2.24) is 4.90 Å². The van der Waals surface area contributed by atoms with Gasteiger partial charge in [-0.25, -0.2) is 4.79 Å². The summed E-state index contributed by atoms with van der Waals surface area (Å²) in [5.74, 6) is 0.523. The number of nitrogens with zero attached hydrogens (tertiary/aromatic N) is 1. The van der Waals surface area contributed by atoms with Crippen molar-refractivity contribution in [3.63, 3.8) is 0 Å². The molecule has 6 heteroatoms. The number of piperidine rings is 1. The molecule has 1 aromatic heterocycles. The summed E-state index contributed by atoms with van der Waals surface area (Å²) >= 11 is 2.19. The minimum absolute atomic E-state index is 0.503. The summed E-state index contributed by atoms with van der Waals surface area (Å²) < 4.78 is 12.3. The summed E-state index contributed by atoms with van der Waals surface area (Å²) in [6.45, 7) is 2.21. The fraction of sp³-hybridized carbons (Fsp3) is 0.320. The van der Waals surface area contributed by atoms with Crippen molar-refractivity contribution in [2.75, 3.05) is 18.4 Å². The van der Waals surface area contributed by atoms with Crippen LogP contribution in [0.15, 0.2) is 59.2 Å². The molecule has 2 aromatic carbocycles. The van der Waals surface area contributed by atoms with E-state index in [2.05, 4.69) is 38.9 Å². The zero-order chi connectivity index (χ0) is 21.2. The van der Waals surface area contributed by atoms with E-state index in [9.17, 15) is 4.79 Å². The Hall–Kier alpha value is -2.32. The van der Waals surface area contributed by atoms with E-state index in [1.807, 2.05) is 42.7 Å². The van der Waals surface area contributed by atoms with Gasteiger partial charge < -0.3 is 9.15 Å². The number of rotatable bonds is 3. The zero-order valence-corrected chi connectivity index (χ0v) is 19.4. The van der Waals surface area contributed by atoms with Gasteiger partial charge in [-0.05, 0) is 96.8 Å². The van der Waals surface area contributed by atoms with Gasteiger partial charge in [0, 0.05) is 32.8 Å². The predicted molar refractivity (Wildman–Crippen MR) is 131 cm³/mol. The number of allylic oxidation sites excluding steroid dienone is 1. The maximum atomic E-state index is 12.4. The van der Waals surface area contributed by atoms with Gasteiger partial charge in [0.2, 0.25) is 0 Å². The molecule has 2 aliphatic heterocycles. The Bertz CT molecular complexity index is 1140. The number of hydrogen-bond donors (Lipinski definition) is 1. The molecule has 3 aromatic rings. The van der Waals surface area contributed by atoms with Gasteiger partial charge in [0.15, 0.2) is 0 Å². The van der Waals surface area contributed by atoms with E-state index < -0.39 is 6.09 Å². The molecular weight excluding hydrogens is 503 g/mol. The lowest BCUT2D eigenvalue weighted by molar-refractivity contribution is 0.161. The maximum absolute atomic E-state index is 12.4. The summed E-state index contributed by atoms with van der Waals surface area (Å²) in [6.07, 6.45) is 9.93. The SMILES string of the molecule is O=C(Nc1ccc2occ(C3=CCN4CCCCC4CC3)c2c1)Oc1cccc(I)c1. The molecule has 0 aliphatic carbocycles. The van der Waals surface area contributed by atoms with Crippen LogP contribution in [0.2, 0.25) is 0 Å². The van der Waals surface area contributed by atoms with Crippen molar-refractivity contribution in [1.29, 1.82) is 0 Å². The van der Waals surface area contributed by atoms with Crippen LogP contribution in [0.1, 0.15) is 37.7 Å². The van der Waals surface area contributed by atoms with Gasteiger partial charge >= 0.3 is 6.09 Å². The summed E-state index contributed by atoms with van der Waals surface area (Å²) in [5, 5.41) is 3.87. The second-order valence-corrected chi connectivity index (χ2v) is 9.49. The van der Waals surface area contributed by atoms with Gasteiger partial charge in [-0.2, -0.15) is 0 Å². The van der Waals surface area contributed by atoms with Gasteiger partial charge in [-0.1, -0.05) is 18.6 Å². The number of ether oxygens (including phenoxy) is 1. The molecule has 0 spiro atoms. The average Bonchev–Trinajstić information content (AvgIpc) is 3.05. The van der Waals surface area contributed by atoms with Gasteiger partial charge in [0.1, 0.15) is 11.3 Å². The Balaban J connectivity index is 1.34. The molecule has 1 fully saturated rings. The van der Waals surface area contributed by atoms with Crippen molar-refractivity contribution in [3.05, 3.63) is 63.9 Å². The number of benzene rings is 2. The molecule has 5 rings (SSSR count). The number of anilines is 1. The lowest BCUT2D eigenvalue weighted by Crippen LogP contribution is -2.38. The highest BCUT2D eigenvalue weighted by Gasteiger charge is 2.25. The van der Waals surface area contributed by atoms with E-state index in [4.69, 9.17) is 9.15 Å². The first-order valence-corrected chi connectivity index (χ1v) is 11.9. The fourth-order valence-corrected chi connectivity index (χ4v) is 5.17. The standard InChI is InChI=1S/C25H25IN2O3/c26-18-4-3-6-21(14-18)31-25(29)27-19-8-10-24-22(15-19)23(16-30-24)17-7-9-20-5-1-2-12-28(20)13-11-17/h3-4,6,8,10-11,14-16,20H,1-2,5,7,9,12-13H2,(H,27,29). The molecule has 5 nitrogen and oxygen atoms in total. The van der Waals surface area contributed by atoms with E-state index in [1.54, 1.807) is 6.07 Å². The highest BCUT2D eigenvalue weighted by Crippen LogP contribution is 2.35. The van der Waals surface area contributed by atoms with Gasteiger partial charge in [-0.15, -0.1) is 0 Å². The number of hydrogen-bond acceptors (Lipinski definition) is 4. The summed E-state index contributed by atoms with van der Waals surface area (Å²) in [6, 6.07) is 13.8. The van der Waals surface area contributed by atoms with E-state index >= 15 is 0 Å². The fourth-order valence-electron chi connectivity index (χ4n) is 4.66. The monoisotopic (exact) mass is 528 g/mol. The molecule has 1 N–H and O–H groups in total. The Morgan fingerprint density at radius 1 is 1.16 bits per heavy atom. The highest BCUT2D eigenvalue weighted by atomic mass is 127. The Labute approximate surface area is 195 Å². The van der Waals surface area contributed by atoms with Crippen molar-refractivity contribution in [3.8, 4) is 5.75 Å². The van der Waals surface area contributed by atoms with Gasteiger partial charge in [0.05, 0.1) is 6.26 Å². The Kier molecular flexibility index (Phi) is 6.00. The van der Waals surface area contributed by atoms with Crippen LogP contribution in [0.5, 0.6) is 5.75 Å². The largest absolute Gasteiger partial charge is 0.464 e. The number of halogens is 1. The molecular formula is C25H25IN2O3. The summed E-state index contributed by atoms with van der Waals surface area (Å²) in [5.41, 5.74) is 3.99. The molecule has 0 bridgehead atoms. The highest BCUT2D eigenvalue weighted by molar-refractivity contribution is 14.1. The van der Waals surface area contributed by atoms with Crippen LogP contribution in [0.25, 0.3) is 16.5 Å². The topological polar surface area (TPSA) is 54.7 Å². The predicted octanol–water partition coefficient (Wildman–Crippen LogP) is 6.68. The molecule has 1 amide bonds. The third kappa shape index (κ3) is 4.65. The normalized spacial score (nSPS) is 19.4. The van der Waals surface area contributed by atoms with Crippen LogP contribution in [0.3, 0.4) is 0 Å². The van der Waals surface area contributed by atoms with Gasteiger partial charge in [-0.3, -0.25) is 10.2 Å². The second kappa shape index (κ2) is 9.04. The summed E-state index contributed by atoms with van der Waals surface area (Å²) in [7, 11) is 0. The molecule has 3 heterocycles. The quantitative estimate of drug-likeness (QED) is 0.386. The maximum Gasteiger partial charge on any atom is 0.417 e. The molecule has 1 atom stereocenters. The van der Waals surface area contributed by atoms with Crippen LogP contribution in [0.4, 0.5) is 10.5 Å². The van der Waals surface area contributed by atoms with Crippen LogP contribution in [-0.4, -0.2) is 30.1 Å². The third-order valence-electron chi connectivity index (χ3n) is 6.24. The van der Waals surface area contributed by atoms with E-state index in [0.29, 0.717) is 17.5 Å². The van der Waals surface area contributed by atoms with E-state index in [0.717, 1.165) is 33.1 Å². The number of fused-ring (bicyclic) bond motifs is 2. The number of carbonyl (C=O) groups is 1. The molecule has 2 aliphatic rings. The first-order chi connectivity index (χ1) is 15.2. The second-order valence-electron chi connectivity index (χ2n) is 8.24. The van der Waals surface area contributed by atoms with Crippen LogP contribution in [0, 0.1) is 3.57 Å². The zero-order valence-electron chi connectivity index (χ0n) is 17.3. The molecule has 0 saturated carbocycles. The minimum Gasteiger partial charge on any atom is -0.464 e. The first-order valence-electron chi connectivity index (χ1n) is 10.8. The number of carbonyl (C=O) groups excluding carboxylic acids is 1. The number of nitrogens with one attached hydrogen (secondary N) is 1. The number of furan rings is 1. The Morgan fingerprint density at radius 2 is 2.10 bits per heavy atom. The molecule has 1 unspecified atom stereocenters. The Morgan fingerprint density at radius 3 is 3.00 bits per heavy atom. The third-order valence-corrected chi connectivity index (χ3v) is 6.91. The average molecular weight is 528 g/mol. The van der Waals surface area contributed by atoms with Crippen molar-refractivity contribution in [2.24, 2.45) is 0 Å². The van der Waals surface area contributed by atoms with Crippen LogP contribution < -0.4 is 10.1 Å².